The van der Waals surface area contributed by atoms with Crippen LogP contribution in [0.15, 0.2) is 24.3 Å². The Hall–Kier alpha value is -1.80. The number of carbonyl (C=O) groups is 1. The van der Waals surface area contributed by atoms with Gasteiger partial charge in [0.15, 0.2) is 0 Å². The first-order chi connectivity index (χ1) is 12.9. The fourth-order valence-corrected chi connectivity index (χ4v) is 3.98. The molecular weight excluding hydrogens is 357 g/mol. The van der Waals surface area contributed by atoms with E-state index in [0.29, 0.717) is 31.4 Å². The minimum Gasteiger partial charge on any atom is -0.369 e. The molecule has 1 N–H and O–H groups in total. The lowest BCUT2D eigenvalue weighted by molar-refractivity contribution is -0.137. The van der Waals surface area contributed by atoms with Crippen molar-refractivity contribution in [3.8, 4) is 0 Å². The number of alkyl halides is 3. The summed E-state index contributed by atoms with van der Waals surface area (Å²) in [5, 5.41) is 2.66. The lowest BCUT2D eigenvalue weighted by Gasteiger charge is -2.43. The average Bonchev–Trinajstić information content (AvgIpc) is 2.68. The summed E-state index contributed by atoms with van der Waals surface area (Å²) in [6, 6.07) is 5.98. The predicted molar refractivity (Wildman–Crippen MR) is 98.8 cm³/mol. The van der Waals surface area contributed by atoms with Gasteiger partial charge in [0.25, 0.3) is 0 Å². The minimum atomic E-state index is -4.31. The number of halogens is 3. The summed E-state index contributed by atoms with van der Waals surface area (Å²) in [5.74, 6) is 0.0324. The van der Waals surface area contributed by atoms with E-state index in [0.717, 1.165) is 45.1 Å². The molecular formula is C19H27F3N4O. The Morgan fingerprint density at radius 3 is 2.59 bits per heavy atom. The lowest BCUT2D eigenvalue weighted by Crippen LogP contribution is -2.55. The number of anilines is 1. The Bertz CT molecular complexity index is 644. The summed E-state index contributed by atoms with van der Waals surface area (Å²) in [4.78, 5) is 18.2. The molecule has 1 amide bonds. The number of rotatable bonds is 4. The second-order valence-corrected chi connectivity index (χ2v) is 7.28. The number of nitrogens with one attached hydrogen (secondary N) is 1. The van der Waals surface area contributed by atoms with E-state index < -0.39 is 11.7 Å². The standard InChI is InChI=1S/C19H27F3N4O/c1-23-18(27)14-24-7-3-6-17(13-24)26-10-8-25(9-11-26)16-5-2-4-15(12-16)19(20,21)22/h2,4-5,12,17H,3,6-11,13-14H2,1H3,(H,23,27)/t17-/m0/s1. The molecule has 2 saturated heterocycles. The summed E-state index contributed by atoms with van der Waals surface area (Å²) in [7, 11) is 1.65. The SMILES string of the molecule is CNC(=O)CN1CCC[C@H](N2CCN(c3cccc(C(F)(F)F)c3)CC2)C1. The molecule has 1 atom stereocenters. The van der Waals surface area contributed by atoms with Crippen molar-refractivity contribution in [1.82, 2.24) is 15.1 Å². The van der Waals surface area contributed by atoms with Gasteiger partial charge in [-0.05, 0) is 37.6 Å². The zero-order valence-electron chi connectivity index (χ0n) is 15.6. The minimum absolute atomic E-state index is 0.0324. The molecule has 5 nitrogen and oxygen atoms in total. The predicted octanol–water partition coefficient (Wildman–Crippen LogP) is 2.04. The van der Waals surface area contributed by atoms with Gasteiger partial charge in [0.2, 0.25) is 5.91 Å². The van der Waals surface area contributed by atoms with E-state index in [1.54, 1.807) is 13.1 Å². The fourth-order valence-electron chi connectivity index (χ4n) is 3.98. The molecule has 2 heterocycles. The van der Waals surface area contributed by atoms with E-state index in [4.69, 9.17) is 0 Å². The van der Waals surface area contributed by atoms with E-state index in [1.807, 2.05) is 4.90 Å². The van der Waals surface area contributed by atoms with E-state index in [-0.39, 0.29) is 5.91 Å². The van der Waals surface area contributed by atoms with Gasteiger partial charge in [-0.2, -0.15) is 13.2 Å². The smallest absolute Gasteiger partial charge is 0.369 e. The molecule has 1 aromatic carbocycles. The normalized spacial score (nSPS) is 22.7. The number of piperazine rings is 1. The Kier molecular flexibility index (Phi) is 6.26. The third kappa shape index (κ3) is 5.13. The van der Waals surface area contributed by atoms with Gasteiger partial charge in [0.1, 0.15) is 0 Å². The van der Waals surface area contributed by atoms with Crippen molar-refractivity contribution in [1.29, 1.82) is 0 Å². The number of amides is 1. The van der Waals surface area contributed by atoms with Gasteiger partial charge in [0, 0.05) is 51.5 Å². The van der Waals surface area contributed by atoms with Crippen LogP contribution in [0.4, 0.5) is 18.9 Å². The van der Waals surface area contributed by atoms with Crippen LogP contribution in [-0.4, -0.2) is 74.6 Å². The number of nitrogens with zero attached hydrogens (tertiary/aromatic N) is 3. The van der Waals surface area contributed by atoms with Gasteiger partial charge in [0.05, 0.1) is 12.1 Å². The molecule has 2 fully saturated rings. The number of benzene rings is 1. The van der Waals surface area contributed by atoms with E-state index in [1.165, 1.54) is 12.1 Å². The topological polar surface area (TPSA) is 38.8 Å². The molecule has 2 aliphatic rings. The van der Waals surface area contributed by atoms with Crippen molar-refractivity contribution in [3.05, 3.63) is 29.8 Å². The molecule has 0 aromatic heterocycles. The van der Waals surface area contributed by atoms with E-state index >= 15 is 0 Å². The molecule has 27 heavy (non-hydrogen) atoms. The summed E-state index contributed by atoms with van der Waals surface area (Å²) < 4.78 is 38.8. The monoisotopic (exact) mass is 384 g/mol. The fraction of sp³-hybridized carbons (Fsp3) is 0.632. The number of piperidine rings is 1. The molecule has 150 valence electrons. The van der Waals surface area contributed by atoms with Crippen molar-refractivity contribution < 1.29 is 18.0 Å². The highest BCUT2D eigenvalue weighted by Crippen LogP contribution is 2.32. The molecule has 1 aromatic rings. The van der Waals surface area contributed by atoms with Crippen LogP contribution >= 0.6 is 0 Å². The Balaban J connectivity index is 1.55. The number of hydrogen-bond acceptors (Lipinski definition) is 4. The molecule has 0 saturated carbocycles. The van der Waals surface area contributed by atoms with Crippen molar-refractivity contribution in [2.75, 3.05) is 57.8 Å². The zero-order chi connectivity index (χ0) is 19.4. The third-order valence-electron chi connectivity index (χ3n) is 5.50. The van der Waals surface area contributed by atoms with Crippen LogP contribution in [0.3, 0.4) is 0 Å². The Labute approximate surface area is 158 Å². The van der Waals surface area contributed by atoms with Gasteiger partial charge in [-0.25, -0.2) is 0 Å². The quantitative estimate of drug-likeness (QED) is 0.862. The maximum Gasteiger partial charge on any atom is 0.416 e. The largest absolute Gasteiger partial charge is 0.416 e. The first kappa shape index (κ1) is 19.9. The number of carbonyl (C=O) groups excluding carboxylic acids is 1. The van der Waals surface area contributed by atoms with Crippen LogP contribution in [0.2, 0.25) is 0 Å². The van der Waals surface area contributed by atoms with Gasteiger partial charge in [-0.15, -0.1) is 0 Å². The summed E-state index contributed by atoms with van der Waals surface area (Å²) in [6.07, 6.45) is -2.14. The number of likely N-dealkylation sites (N-methyl/N-ethyl adjacent to an activating group) is 1. The second kappa shape index (κ2) is 8.48. The van der Waals surface area contributed by atoms with Crippen LogP contribution in [0.25, 0.3) is 0 Å². The maximum atomic E-state index is 12.9. The second-order valence-electron chi connectivity index (χ2n) is 7.28. The molecule has 0 bridgehead atoms. The molecule has 8 heteroatoms. The number of likely N-dealkylation sites (tertiary alicyclic amines) is 1. The van der Waals surface area contributed by atoms with E-state index in [2.05, 4.69) is 15.1 Å². The van der Waals surface area contributed by atoms with Crippen LogP contribution in [0, 0.1) is 0 Å². The van der Waals surface area contributed by atoms with Crippen molar-refractivity contribution in [3.63, 3.8) is 0 Å². The number of hydrogen-bond donors (Lipinski definition) is 1. The highest BCUT2D eigenvalue weighted by molar-refractivity contribution is 5.77. The van der Waals surface area contributed by atoms with Gasteiger partial charge >= 0.3 is 6.18 Å². The van der Waals surface area contributed by atoms with Crippen molar-refractivity contribution in [2.24, 2.45) is 0 Å². The molecule has 0 aliphatic carbocycles. The Morgan fingerprint density at radius 2 is 1.93 bits per heavy atom. The molecule has 2 aliphatic heterocycles. The van der Waals surface area contributed by atoms with Crippen LogP contribution in [-0.2, 0) is 11.0 Å². The molecule has 3 rings (SSSR count). The average molecular weight is 384 g/mol. The molecule has 0 spiro atoms. The van der Waals surface area contributed by atoms with Crippen LogP contribution in [0.5, 0.6) is 0 Å². The molecule has 0 unspecified atom stereocenters. The Morgan fingerprint density at radius 1 is 1.19 bits per heavy atom. The highest BCUT2D eigenvalue weighted by atomic mass is 19.4. The zero-order valence-corrected chi connectivity index (χ0v) is 15.6. The summed E-state index contributed by atoms with van der Waals surface area (Å²) in [6.45, 7) is 5.33. The van der Waals surface area contributed by atoms with E-state index in [9.17, 15) is 18.0 Å². The molecule has 0 radical (unpaired) electrons. The van der Waals surface area contributed by atoms with Gasteiger partial charge in [-0.3, -0.25) is 14.6 Å². The third-order valence-corrected chi connectivity index (χ3v) is 5.50. The maximum absolute atomic E-state index is 12.9. The van der Waals surface area contributed by atoms with Gasteiger partial charge in [-0.1, -0.05) is 6.07 Å². The summed E-state index contributed by atoms with van der Waals surface area (Å²) >= 11 is 0. The summed E-state index contributed by atoms with van der Waals surface area (Å²) in [5.41, 5.74) is 0.0360. The first-order valence-electron chi connectivity index (χ1n) is 9.46. The first-order valence-corrected chi connectivity index (χ1v) is 9.46. The van der Waals surface area contributed by atoms with Crippen molar-refractivity contribution in [2.45, 2.75) is 25.1 Å². The lowest BCUT2D eigenvalue weighted by atomic mass is 10.0. The van der Waals surface area contributed by atoms with Crippen molar-refractivity contribution >= 4 is 11.6 Å². The van der Waals surface area contributed by atoms with Crippen LogP contribution in [0.1, 0.15) is 18.4 Å². The highest BCUT2D eigenvalue weighted by Gasteiger charge is 2.32. The van der Waals surface area contributed by atoms with Gasteiger partial charge < -0.3 is 10.2 Å². The van der Waals surface area contributed by atoms with Crippen LogP contribution < -0.4 is 10.2 Å².